The highest BCUT2D eigenvalue weighted by Gasteiger charge is 2.34. The van der Waals surface area contributed by atoms with Gasteiger partial charge >= 0.3 is 0 Å². The lowest BCUT2D eigenvalue weighted by atomic mass is 9.88. The quantitative estimate of drug-likeness (QED) is 0.805. The predicted molar refractivity (Wildman–Crippen MR) is 80.0 cm³/mol. The summed E-state index contributed by atoms with van der Waals surface area (Å²) < 4.78 is 5.27. The van der Waals surface area contributed by atoms with Crippen molar-refractivity contribution in [2.45, 2.75) is 12.0 Å². The summed E-state index contributed by atoms with van der Waals surface area (Å²) in [4.78, 5) is 12.8. The van der Waals surface area contributed by atoms with Gasteiger partial charge in [-0.2, -0.15) is 10.2 Å². The van der Waals surface area contributed by atoms with Crippen LogP contribution in [0.25, 0.3) is 0 Å². The van der Waals surface area contributed by atoms with Crippen molar-refractivity contribution >= 4 is 5.78 Å². The van der Waals surface area contributed by atoms with Crippen LogP contribution in [0.3, 0.4) is 0 Å². The summed E-state index contributed by atoms with van der Waals surface area (Å²) in [6, 6.07) is 16.7. The molecule has 0 saturated carbocycles. The number of nitrogens with zero attached hydrogens (tertiary/aromatic N) is 2. The minimum Gasteiger partial charge on any atom is -0.496 e. The first-order chi connectivity index (χ1) is 10.3. The molecule has 4 heteroatoms. The highest BCUT2D eigenvalue weighted by molar-refractivity contribution is 6.03. The van der Waals surface area contributed by atoms with Crippen LogP contribution in [-0.2, 0) is 0 Å². The van der Waals surface area contributed by atoms with Gasteiger partial charge in [0.25, 0.3) is 0 Å². The Labute approximate surface area is 123 Å². The number of methoxy groups -OCH3 is 1. The number of ketones is 1. The van der Waals surface area contributed by atoms with E-state index < -0.39 is 6.04 Å². The molecule has 0 aliphatic carbocycles. The molecule has 0 bridgehead atoms. The molecule has 1 aliphatic rings. The Bertz CT molecular complexity index is 668. The van der Waals surface area contributed by atoms with Gasteiger partial charge in [-0.05, 0) is 17.7 Å². The van der Waals surface area contributed by atoms with E-state index in [4.69, 9.17) is 4.74 Å². The fourth-order valence-electron chi connectivity index (χ4n) is 2.63. The normalized spacial score (nSPS) is 20.4. The Morgan fingerprint density at radius 3 is 2.57 bits per heavy atom. The third kappa shape index (κ3) is 2.57. The lowest BCUT2D eigenvalue weighted by Crippen LogP contribution is -2.25. The van der Waals surface area contributed by atoms with Gasteiger partial charge in [0.2, 0.25) is 0 Å². The zero-order chi connectivity index (χ0) is 14.7. The third-order valence-corrected chi connectivity index (χ3v) is 3.73. The molecule has 1 heterocycles. The van der Waals surface area contributed by atoms with E-state index in [1.165, 1.54) is 0 Å². The largest absolute Gasteiger partial charge is 0.496 e. The number of rotatable bonds is 4. The fourth-order valence-corrected chi connectivity index (χ4v) is 2.63. The first-order valence-corrected chi connectivity index (χ1v) is 6.90. The molecule has 0 unspecified atom stereocenters. The molecule has 0 N–H and O–H groups in total. The number of ether oxygens (including phenoxy) is 1. The van der Waals surface area contributed by atoms with E-state index in [2.05, 4.69) is 10.2 Å². The third-order valence-electron chi connectivity index (χ3n) is 3.73. The standard InChI is InChI=1S/C17H16N2O2/c1-21-15-10-6-5-9-13(15)17(20)16-14(11-18-19-16)12-7-3-2-4-8-12/h2-10,14,16H,11H2,1H3/t14-,16+/m0/s1. The molecule has 0 amide bonds. The summed E-state index contributed by atoms with van der Waals surface area (Å²) in [7, 11) is 1.57. The minimum atomic E-state index is -0.469. The number of hydrogen-bond donors (Lipinski definition) is 0. The molecule has 2 aromatic rings. The van der Waals surface area contributed by atoms with E-state index in [0.29, 0.717) is 17.9 Å². The SMILES string of the molecule is COc1ccccc1C(=O)[C@@H]1N=NC[C@H]1c1ccccc1. The maximum absolute atomic E-state index is 12.8. The zero-order valence-corrected chi connectivity index (χ0v) is 11.8. The molecule has 0 radical (unpaired) electrons. The number of para-hydroxylation sites is 1. The van der Waals surface area contributed by atoms with E-state index in [0.717, 1.165) is 5.56 Å². The fraction of sp³-hybridized carbons (Fsp3) is 0.235. The molecule has 4 nitrogen and oxygen atoms in total. The first kappa shape index (κ1) is 13.5. The van der Waals surface area contributed by atoms with Gasteiger partial charge < -0.3 is 4.74 Å². The summed E-state index contributed by atoms with van der Waals surface area (Å²) in [6.07, 6.45) is 0. The van der Waals surface area contributed by atoms with Crippen LogP contribution in [0.2, 0.25) is 0 Å². The van der Waals surface area contributed by atoms with Gasteiger partial charge in [-0.3, -0.25) is 4.79 Å². The minimum absolute atomic E-state index is 0.00334. The van der Waals surface area contributed by atoms with Gasteiger partial charge in [0, 0.05) is 5.92 Å². The molecule has 0 saturated heterocycles. The molecule has 0 aromatic heterocycles. The highest BCUT2D eigenvalue weighted by atomic mass is 16.5. The second kappa shape index (κ2) is 5.87. The molecular formula is C17H16N2O2. The Hall–Kier alpha value is -2.49. The molecular weight excluding hydrogens is 264 g/mol. The van der Waals surface area contributed by atoms with Crippen LogP contribution in [0.5, 0.6) is 5.75 Å². The van der Waals surface area contributed by atoms with E-state index in [9.17, 15) is 4.79 Å². The van der Waals surface area contributed by atoms with Gasteiger partial charge in [0.1, 0.15) is 11.8 Å². The summed E-state index contributed by atoms with van der Waals surface area (Å²) in [5.74, 6) is 0.544. The lowest BCUT2D eigenvalue weighted by Gasteiger charge is -2.17. The molecule has 1 aliphatic heterocycles. The summed E-state index contributed by atoms with van der Waals surface area (Å²) in [5.41, 5.74) is 1.66. The first-order valence-electron chi connectivity index (χ1n) is 6.90. The summed E-state index contributed by atoms with van der Waals surface area (Å²) in [6.45, 7) is 0.551. The maximum Gasteiger partial charge on any atom is 0.193 e. The van der Waals surface area contributed by atoms with Gasteiger partial charge in [0.05, 0.1) is 19.2 Å². The number of carbonyl (C=O) groups excluding carboxylic acids is 1. The number of carbonyl (C=O) groups is 1. The number of hydrogen-bond acceptors (Lipinski definition) is 4. The van der Waals surface area contributed by atoms with Gasteiger partial charge in [0.15, 0.2) is 5.78 Å². The number of Topliss-reactive ketones (excluding diaryl/α,β-unsaturated/α-hetero) is 1. The molecule has 21 heavy (non-hydrogen) atoms. The predicted octanol–water partition coefficient (Wildman–Crippen LogP) is 3.50. The Balaban J connectivity index is 1.92. The lowest BCUT2D eigenvalue weighted by molar-refractivity contribution is 0.0953. The van der Waals surface area contributed by atoms with Crippen molar-refractivity contribution in [3.05, 3.63) is 65.7 Å². The molecule has 106 valence electrons. The van der Waals surface area contributed by atoms with Crippen LogP contribution in [0.15, 0.2) is 64.8 Å². The van der Waals surface area contributed by atoms with Crippen molar-refractivity contribution in [2.75, 3.05) is 13.7 Å². The van der Waals surface area contributed by atoms with E-state index in [1.807, 2.05) is 42.5 Å². The van der Waals surface area contributed by atoms with Gasteiger partial charge in [-0.25, -0.2) is 0 Å². The molecule has 3 rings (SSSR count). The molecule has 0 spiro atoms. The van der Waals surface area contributed by atoms with Crippen LogP contribution in [-0.4, -0.2) is 25.5 Å². The van der Waals surface area contributed by atoms with Crippen LogP contribution in [0.1, 0.15) is 21.8 Å². The maximum atomic E-state index is 12.8. The van der Waals surface area contributed by atoms with Crippen LogP contribution in [0.4, 0.5) is 0 Å². The smallest absolute Gasteiger partial charge is 0.193 e. The van der Waals surface area contributed by atoms with Gasteiger partial charge in [-0.1, -0.05) is 42.5 Å². The molecule has 2 aromatic carbocycles. The van der Waals surface area contributed by atoms with Crippen molar-refractivity contribution < 1.29 is 9.53 Å². The second-order valence-corrected chi connectivity index (χ2v) is 4.97. The number of benzene rings is 2. The van der Waals surface area contributed by atoms with E-state index >= 15 is 0 Å². The summed E-state index contributed by atoms with van der Waals surface area (Å²) in [5, 5.41) is 8.25. The monoisotopic (exact) mass is 280 g/mol. The van der Waals surface area contributed by atoms with Crippen molar-refractivity contribution in [3.8, 4) is 5.75 Å². The van der Waals surface area contributed by atoms with Crippen molar-refractivity contribution in [1.82, 2.24) is 0 Å². The Morgan fingerprint density at radius 2 is 1.81 bits per heavy atom. The number of azo groups is 1. The van der Waals surface area contributed by atoms with Crippen LogP contribution >= 0.6 is 0 Å². The highest BCUT2D eigenvalue weighted by Crippen LogP contribution is 2.31. The van der Waals surface area contributed by atoms with Crippen LogP contribution < -0.4 is 4.74 Å². The summed E-state index contributed by atoms with van der Waals surface area (Å²) >= 11 is 0. The Morgan fingerprint density at radius 1 is 1.10 bits per heavy atom. The van der Waals surface area contributed by atoms with E-state index in [-0.39, 0.29) is 11.7 Å². The van der Waals surface area contributed by atoms with Crippen molar-refractivity contribution in [3.63, 3.8) is 0 Å². The average molecular weight is 280 g/mol. The molecule has 0 fully saturated rings. The average Bonchev–Trinajstić information content (AvgIpc) is 3.04. The van der Waals surface area contributed by atoms with Crippen LogP contribution in [0, 0.1) is 0 Å². The van der Waals surface area contributed by atoms with Gasteiger partial charge in [-0.15, -0.1) is 0 Å². The Kier molecular flexibility index (Phi) is 3.77. The molecule has 2 atom stereocenters. The second-order valence-electron chi connectivity index (χ2n) is 4.97. The van der Waals surface area contributed by atoms with Crippen molar-refractivity contribution in [1.29, 1.82) is 0 Å². The van der Waals surface area contributed by atoms with Crippen molar-refractivity contribution in [2.24, 2.45) is 10.2 Å². The zero-order valence-electron chi connectivity index (χ0n) is 11.8. The van der Waals surface area contributed by atoms with E-state index in [1.54, 1.807) is 19.2 Å². The topological polar surface area (TPSA) is 51.0 Å².